The summed E-state index contributed by atoms with van der Waals surface area (Å²) in [6, 6.07) is 9.81. The Morgan fingerprint density at radius 2 is 2.00 bits per heavy atom. The van der Waals surface area contributed by atoms with Crippen molar-refractivity contribution in [1.82, 2.24) is 0 Å². The predicted octanol–water partition coefficient (Wildman–Crippen LogP) is 2.59. The third-order valence-electron chi connectivity index (χ3n) is 1.29. The lowest BCUT2D eigenvalue weighted by atomic mass is 10.4. The van der Waals surface area contributed by atoms with Crippen LogP contribution < -0.4 is 0 Å². The molecule has 0 aliphatic heterocycles. The van der Waals surface area contributed by atoms with E-state index in [0.717, 1.165) is 4.90 Å². The Hall–Kier alpha value is -0.470. The molecular formula is C9H9ClOS. The van der Waals surface area contributed by atoms with Crippen LogP contribution in [-0.2, 0) is 4.79 Å². The second-order valence-electron chi connectivity index (χ2n) is 2.27. The van der Waals surface area contributed by atoms with Gasteiger partial charge in [-0.2, -0.15) is 0 Å². The maximum atomic E-state index is 10.8. The van der Waals surface area contributed by atoms with Crippen molar-refractivity contribution in [3.8, 4) is 0 Å². The molecule has 1 aromatic rings. The molecule has 1 rings (SSSR count). The third kappa shape index (κ3) is 3.28. The Kier molecular flexibility index (Phi) is 4.19. The fourth-order valence-corrected chi connectivity index (χ4v) is 1.70. The third-order valence-corrected chi connectivity index (χ3v) is 2.66. The second kappa shape index (κ2) is 5.22. The molecule has 3 heteroatoms. The maximum Gasteiger partial charge on any atom is 0.157 e. The monoisotopic (exact) mass is 200 g/mol. The number of thioether (sulfide) groups is 1. The van der Waals surface area contributed by atoms with Gasteiger partial charge in [0.2, 0.25) is 0 Å². The summed E-state index contributed by atoms with van der Waals surface area (Å²) >= 11 is 6.87. The van der Waals surface area contributed by atoms with E-state index in [1.807, 2.05) is 30.3 Å². The lowest BCUT2D eigenvalue weighted by Gasteiger charge is -1.97. The Morgan fingerprint density at radius 3 is 2.58 bits per heavy atom. The van der Waals surface area contributed by atoms with Gasteiger partial charge < -0.3 is 0 Å². The van der Waals surface area contributed by atoms with Crippen molar-refractivity contribution < 1.29 is 4.79 Å². The van der Waals surface area contributed by atoms with E-state index in [2.05, 4.69) is 0 Å². The van der Waals surface area contributed by atoms with Crippen LogP contribution in [0, 0.1) is 0 Å². The molecule has 0 saturated carbocycles. The van der Waals surface area contributed by atoms with Gasteiger partial charge in [-0.05, 0) is 12.1 Å². The first kappa shape index (κ1) is 9.62. The van der Waals surface area contributed by atoms with Crippen molar-refractivity contribution in [1.29, 1.82) is 0 Å². The van der Waals surface area contributed by atoms with Crippen LogP contribution >= 0.6 is 23.4 Å². The number of hydrogen-bond acceptors (Lipinski definition) is 2. The van der Waals surface area contributed by atoms with Gasteiger partial charge in [-0.3, -0.25) is 4.79 Å². The average molecular weight is 201 g/mol. The van der Waals surface area contributed by atoms with Crippen molar-refractivity contribution in [2.24, 2.45) is 0 Å². The number of hydrogen-bond donors (Lipinski definition) is 0. The van der Waals surface area contributed by atoms with Crippen LogP contribution in [0.25, 0.3) is 0 Å². The Bertz CT molecular complexity index is 248. The van der Waals surface area contributed by atoms with Crippen LogP contribution in [0.15, 0.2) is 35.2 Å². The maximum absolute atomic E-state index is 10.8. The molecule has 0 unspecified atom stereocenters. The van der Waals surface area contributed by atoms with Crippen molar-refractivity contribution in [3.05, 3.63) is 30.3 Å². The number of ketones is 1. The highest BCUT2D eigenvalue weighted by atomic mass is 35.5. The molecule has 0 bridgehead atoms. The summed E-state index contributed by atoms with van der Waals surface area (Å²) in [5.74, 6) is 0.651. The molecule has 0 aliphatic rings. The molecule has 0 aliphatic carbocycles. The van der Waals surface area contributed by atoms with E-state index in [1.54, 1.807) is 0 Å². The van der Waals surface area contributed by atoms with Crippen LogP contribution in [0.3, 0.4) is 0 Å². The van der Waals surface area contributed by atoms with E-state index in [9.17, 15) is 4.79 Å². The van der Waals surface area contributed by atoms with Crippen LogP contribution in [0.2, 0.25) is 0 Å². The average Bonchev–Trinajstić information content (AvgIpc) is 2.16. The van der Waals surface area contributed by atoms with Gasteiger partial charge in [0, 0.05) is 4.90 Å². The van der Waals surface area contributed by atoms with E-state index in [1.165, 1.54) is 11.8 Å². The van der Waals surface area contributed by atoms with Gasteiger partial charge in [-0.1, -0.05) is 18.2 Å². The quantitative estimate of drug-likeness (QED) is 0.549. The zero-order chi connectivity index (χ0) is 8.81. The molecule has 0 spiro atoms. The molecule has 1 nitrogen and oxygen atoms in total. The largest absolute Gasteiger partial charge is 0.297 e. The summed E-state index contributed by atoms with van der Waals surface area (Å²) in [7, 11) is 0. The predicted molar refractivity (Wildman–Crippen MR) is 52.9 cm³/mol. The highest BCUT2D eigenvalue weighted by molar-refractivity contribution is 8.00. The first-order valence-corrected chi connectivity index (χ1v) is 5.10. The minimum absolute atomic E-state index is 0.0746. The zero-order valence-electron chi connectivity index (χ0n) is 6.50. The van der Waals surface area contributed by atoms with Gasteiger partial charge in [0.15, 0.2) is 5.78 Å². The van der Waals surface area contributed by atoms with Gasteiger partial charge in [-0.15, -0.1) is 23.4 Å². The summed E-state index contributed by atoms with van der Waals surface area (Å²) in [5.41, 5.74) is 0. The lowest BCUT2D eigenvalue weighted by molar-refractivity contribution is -0.114. The second-order valence-corrected chi connectivity index (χ2v) is 3.59. The minimum Gasteiger partial charge on any atom is -0.297 e. The number of carbonyl (C=O) groups excluding carboxylic acids is 1. The smallest absolute Gasteiger partial charge is 0.157 e. The highest BCUT2D eigenvalue weighted by Gasteiger charge is 1.99. The fraction of sp³-hybridized carbons (Fsp3) is 0.222. The standard InChI is InChI=1S/C9H9ClOS/c10-6-8(11)7-12-9-4-2-1-3-5-9/h1-5H,6-7H2. The van der Waals surface area contributed by atoms with Crippen LogP contribution in [0.4, 0.5) is 0 Å². The Balaban J connectivity index is 2.38. The molecule has 0 atom stereocenters. The molecule has 0 radical (unpaired) electrons. The van der Waals surface area contributed by atoms with Gasteiger partial charge in [0.05, 0.1) is 11.6 Å². The van der Waals surface area contributed by atoms with Crippen LogP contribution in [0.5, 0.6) is 0 Å². The summed E-state index contributed by atoms with van der Waals surface area (Å²) in [4.78, 5) is 11.9. The first-order chi connectivity index (χ1) is 5.83. The van der Waals surface area contributed by atoms with E-state index < -0.39 is 0 Å². The van der Waals surface area contributed by atoms with Crippen molar-refractivity contribution >= 4 is 29.1 Å². The zero-order valence-corrected chi connectivity index (χ0v) is 8.07. The molecule has 64 valence electrons. The van der Waals surface area contributed by atoms with E-state index in [-0.39, 0.29) is 11.7 Å². The van der Waals surface area contributed by atoms with Gasteiger partial charge >= 0.3 is 0 Å². The highest BCUT2D eigenvalue weighted by Crippen LogP contribution is 2.16. The van der Waals surface area contributed by atoms with Gasteiger partial charge in [0.1, 0.15) is 0 Å². The summed E-state index contributed by atoms with van der Waals surface area (Å²) < 4.78 is 0. The molecule has 0 heterocycles. The van der Waals surface area contributed by atoms with Crippen molar-refractivity contribution in [3.63, 3.8) is 0 Å². The number of alkyl halides is 1. The molecule has 0 amide bonds. The number of benzene rings is 1. The van der Waals surface area contributed by atoms with Crippen molar-refractivity contribution in [2.45, 2.75) is 4.90 Å². The Morgan fingerprint density at radius 1 is 1.33 bits per heavy atom. The SMILES string of the molecule is O=C(CCl)CSc1ccccc1. The molecular weight excluding hydrogens is 192 g/mol. The molecule has 12 heavy (non-hydrogen) atoms. The number of halogens is 1. The molecule has 0 aromatic heterocycles. The number of rotatable bonds is 4. The topological polar surface area (TPSA) is 17.1 Å². The molecule has 0 N–H and O–H groups in total. The summed E-state index contributed by atoms with van der Waals surface area (Å²) in [6.45, 7) is 0. The normalized spacial score (nSPS) is 9.75. The van der Waals surface area contributed by atoms with E-state index in [4.69, 9.17) is 11.6 Å². The van der Waals surface area contributed by atoms with Crippen molar-refractivity contribution in [2.75, 3.05) is 11.6 Å². The first-order valence-electron chi connectivity index (χ1n) is 3.58. The number of carbonyl (C=O) groups is 1. The van der Waals surface area contributed by atoms with Crippen LogP contribution in [0.1, 0.15) is 0 Å². The van der Waals surface area contributed by atoms with Gasteiger partial charge in [0.25, 0.3) is 0 Å². The van der Waals surface area contributed by atoms with Gasteiger partial charge in [-0.25, -0.2) is 0 Å². The molecule has 1 aromatic carbocycles. The minimum atomic E-state index is 0.0746. The lowest BCUT2D eigenvalue weighted by Crippen LogP contribution is -2.01. The van der Waals surface area contributed by atoms with E-state index >= 15 is 0 Å². The van der Waals surface area contributed by atoms with Crippen LogP contribution in [-0.4, -0.2) is 17.4 Å². The summed E-state index contributed by atoms with van der Waals surface area (Å²) in [5, 5.41) is 0. The Labute approximate surface area is 81.1 Å². The summed E-state index contributed by atoms with van der Waals surface area (Å²) in [6.07, 6.45) is 0. The van der Waals surface area contributed by atoms with E-state index in [0.29, 0.717) is 5.75 Å². The molecule has 0 saturated heterocycles. The molecule has 0 fully saturated rings. The number of Topliss-reactive ketones (excluding diaryl/α,β-unsaturated/α-hetero) is 1. The fourth-order valence-electron chi connectivity index (χ4n) is 0.719.